The molecule has 0 radical (unpaired) electrons. The lowest BCUT2D eigenvalue weighted by Crippen LogP contribution is -2.34. The molecule has 8 nitrogen and oxygen atoms in total. The van der Waals surface area contributed by atoms with Gasteiger partial charge in [-0.1, -0.05) is 0 Å². The molecule has 2 N–H and O–H groups in total. The third kappa shape index (κ3) is 7.27. The molecule has 3 aromatic carbocycles. The van der Waals surface area contributed by atoms with Crippen molar-refractivity contribution < 1.29 is 28.2 Å². The van der Waals surface area contributed by atoms with Crippen molar-refractivity contribution in [1.82, 2.24) is 10.7 Å². The fourth-order valence-electron chi connectivity index (χ4n) is 2.72. The number of carbonyl (C=O) groups excluding carboxylic acids is 3. The van der Waals surface area contributed by atoms with E-state index in [0.29, 0.717) is 29.2 Å². The molecule has 0 bridgehead atoms. The molecule has 2 amide bonds. The van der Waals surface area contributed by atoms with Gasteiger partial charge in [-0.25, -0.2) is 14.6 Å². The van der Waals surface area contributed by atoms with Crippen LogP contribution in [-0.2, 0) is 4.79 Å². The van der Waals surface area contributed by atoms with E-state index in [1.807, 2.05) is 6.92 Å². The summed E-state index contributed by atoms with van der Waals surface area (Å²) >= 11 is 0. The first-order valence-corrected chi connectivity index (χ1v) is 10.4. The molecule has 174 valence electrons. The van der Waals surface area contributed by atoms with Gasteiger partial charge in [0, 0.05) is 5.56 Å². The fraction of sp³-hybridized carbons (Fsp3) is 0.120. The summed E-state index contributed by atoms with van der Waals surface area (Å²) in [7, 11) is 0. The first-order valence-electron chi connectivity index (χ1n) is 10.4. The topological polar surface area (TPSA) is 106 Å². The lowest BCUT2D eigenvalue weighted by atomic mass is 10.2. The Balaban J connectivity index is 1.44. The van der Waals surface area contributed by atoms with Crippen LogP contribution in [0.25, 0.3) is 0 Å². The van der Waals surface area contributed by atoms with E-state index in [1.165, 1.54) is 18.3 Å². The van der Waals surface area contributed by atoms with Crippen LogP contribution in [0, 0.1) is 5.82 Å². The van der Waals surface area contributed by atoms with Gasteiger partial charge in [-0.15, -0.1) is 0 Å². The average molecular weight is 463 g/mol. The van der Waals surface area contributed by atoms with Gasteiger partial charge in [0.25, 0.3) is 11.8 Å². The number of hydrazone groups is 1. The van der Waals surface area contributed by atoms with Crippen LogP contribution in [0.4, 0.5) is 4.39 Å². The number of halogens is 1. The summed E-state index contributed by atoms with van der Waals surface area (Å²) in [5.74, 6) is -0.974. The number of hydrogen-bond donors (Lipinski definition) is 2. The van der Waals surface area contributed by atoms with E-state index in [1.54, 1.807) is 48.5 Å². The van der Waals surface area contributed by atoms with Crippen LogP contribution in [0.15, 0.2) is 77.9 Å². The maximum absolute atomic E-state index is 12.9. The number of amides is 2. The highest BCUT2D eigenvalue weighted by Crippen LogP contribution is 2.16. The number of benzene rings is 3. The SMILES string of the molecule is CCOc1ccc(C(=O)Oc2ccc(C=NNC(=O)CNC(=O)c3ccc(F)cc3)cc2)cc1. The zero-order valence-corrected chi connectivity index (χ0v) is 18.3. The normalized spacial score (nSPS) is 10.5. The summed E-state index contributed by atoms with van der Waals surface area (Å²) in [6, 6.07) is 18.1. The van der Waals surface area contributed by atoms with Crippen LogP contribution >= 0.6 is 0 Å². The van der Waals surface area contributed by atoms with E-state index >= 15 is 0 Å². The van der Waals surface area contributed by atoms with Crippen LogP contribution < -0.4 is 20.2 Å². The second kappa shape index (κ2) is 11.9. The van der Waals surface area contributed by atoms with Gasteiger partial charge >= 0.3 is 5.97 Å². The third-order valence-electron chi connectivity index (χ3n) is 4.41. The van der Waals surface area contributed by atoms with Crippen LogP contribution in [-0.4, -0.2) is 37.1 Å². The van der Waals surface area contributed by atoms with Gasteiger partial charge in [0.1, 0.15) is 17.3 Å². The molecule has 0 heterocycles. The van der Waals surface area contributed by atoms with E-state index < -0.39 is 23.6 Å². The predicted octanol–water partition coefficient (Wildman–Crippen LogP) is 3.32. The molecule has 0 spiro atoms. The van der Waals surface area contributed by atoms with Crippen molar-refractivity contribution in [1.29, 1.82) is 0 Å². The van der Waals surface area contributed by atoms with Gasteiger partial charge in [0.2, 0.25) is 0 Å². The monoisotopic (exact) mass is 463 g/mol. The Hall–Kier alpha value is -4.53. The predicted molar refractivity (Wildman–Crippen MR) is 123 cm³/mol. The zero-order chi connectivity index (χ0) is 24.3. The second-order valence-corrected chi connectivity index (χ2v) is 6.90. The standard InChI is InChI=1S/C25H22FN3O5/c1-2-33-21-13-7-19(8-14-21)25(32)34-22-11-3-17(4-12-22)15-28-29-23(30)16-27-24(31)18-5-9-20(26)10-6-18/h3-15H,2,16H2,1H3,(H,27,31)(H,29,30). The van der Waals surface area contributed by atoms with E-state index in [0.717, 1.165) is 12.1 Å². The Kier molecular flexibility index (Phi) is 8.45. The molecule has 34 heavy (non-hydrogen) atoms. The maximum Gasteiger partial charge on any atom is 0.343 e. The highest BCUT2D eigenvalue weighted by Gasteiger charge is 2.09. The highest BCUT2D eigenvalue weighted by molar-refractivity contribution is 5.96. The average Bonchev–Trinajstić information content (AvgIpc) is 2.84. The molecule has 0 aliphatic carbocycles. The highest BCUT2D eigenvalue weighted by atomic mass is 19.1. The Labute approximate surface area is 195 Å². The Morgan fingerprint density at radius 1 is 0.882 bits per heavy atom. The van der Waals surface area contributed by atoms with Crippen LogP contribution in [0.3, 0.4) is 0 Å². The van der Waals surface area contributed by atoms with Gasteiger partial charge in [-0.3, -0.25) is 9.59 Å². The van der Waals surface area contributed by atoms with Gasteiger partial charge in [0.15, 0.2) is 0 Å². The van der Waals surface area contributed by atoms with Gasteiger partial charge < -0.3 is 14.8 Å². The number of carbonyl (C=O) groups is 3. The molecule has 0 aromatic heterocycles. The van der Waals surface area contributed by atoms with Crippen molar-refractivity contribution in [2.45, 2.75) is 6.92 Å². The summed E-state index contributed by atoms with van der Waals surface area (Å²) in [6.07, 6.45) is 1.40. The summed E-state index contributed by atoms with van der Waals surface area (Å²) in [5, 5.41) is 6.23. The first kappa shape index (κ1) is 24.1. The smallest absolute Gasteiger partial charge is 0.343 e. The summed E-state index contributed by atoms with van der Waals surface area (Å²) < 4.78 is 23.6. The second-order valence-electron chi connectivity index (χ2n) is 6.90. The molecule has 3 aromatic rings. The lowest BCUT2D eigenvalue weighted by molar-refractivity contribution is -0.120. The molecular weight excluding hydrogens is 441 g/mol. The molecule has 0 fully saturated rings. The number of rotatable bonds is 9. The number of nitrogens with zero attached hydrogens (tertiary/aromatic N) is 1. The van der Waals surface area contributed by atoms with E-state index in [4.69, 9.17) is 9.47 Å². The summed E-state index contributed by atoms with van der Waals surface area (Å²) in [4.78, 5) is 36.0. The molecule has 0 unspecified atom stereocenters. The van der Waals surface area contributed by atoms with E-state index in [-0.39, 0.29) is 12.1 Å². The molecule has 0 saturated carbocycles. The molecule has 0 aliphatic heterocycles. The van der Waals surface area contributed by atoms with Crippen LogP contribution in [0.1, 0.15) is 33.2 Å². The number of hydrogen-bond acceptors (Lipinski definition) is 6. The Morgan fingerprint density at radius 2 is 1.50 bits per heavy atom. The molecule has 3 rings (SSSR count). The minimum Gasteiger partial charge on any atom is -0.494 e. The molecular formula is C25H22FN3O5. The van der Waals surface area contributed by atoms with Crippen molar-refractivity contribution in [2.24, 2.45) is 5.10 Å². The number of nitrogens with one attached hydrogen (secondary N) is 2. The summed E-state index contributed by atoms with van der Waals surface area (Å²) in [6.45, 7) is 2.12. The van der Waals surface area contributed by atoms with Crippen molar-refractivity contribution in [3.63, 3.8) is 0 Å². The maximum atomic E-state index is 12.9. The Morgan fingerprint density at radius 3 is 2.15 bits per heavy atom. The van der Waals surface area contributed by atoms with E-state index in [2.05, 4.69) is 15.8 Å². The lowest BCUT2D eigenvalue weighted by Gasteiger charge is -2.06. The third-order valence-corrected chi connectivity index (χ3v) is 4.41. The van der Waals surface area contributed by atoms with E-state index in [9.17, 15) is 18.8 Å². The fourth-order valence-corrected chi connectivity index (χ4v) is 2.72. The van der Waals surface area contributed by atoms with Crippen LogP contribution in [0.2, 0.25) is 0 Å². The Bertz CT molecular complexity index is 1160. The van der Waals surface area contributed by atoms with Crippen LogP contribution in [0.5, 0.6) is 11.5 Å². The number of ether oxygens (including phenoxy) is 2. The molecule has 0 aliphatic rings. The van der Waals surface area contributed by atoms with Crippen molar-refractivity contribution in [2.75, 3.05) is 13.2 Å². The summed E-state index contributed by atoms with van der Waals surface area (Å²) in [5.41, 5.74) is 3.57. The first-order chi connectivity index (χ1) is 16.4. The molecule has 0 atom stereocenters. The van der Waals surface area contributed by atoms with Gasteiger partial charge in [-0.2, -0.15) is 5.10 Å². The van der Waals surface area contributed by atoms with Crippen molar-refractivity contribution in [3.8, 4) is 11.5 Å². The van der Waals surface area contributed by atoms with Gasteiger partial charge in [-0.05, 0) is 85.3 Å². The number of esters is 1. The minimum absolute atomic E-state index is 0.237. The zero-order valence-electron chi connectivity index (χ0n) is 18.3. The molecule has 0 saturated heterocycles. The molecule has 9 heteroatoms. The van der Waals surface area contributed by atoms with Crippen molar-refractivity contribution in [3.05, 3.63) is 95.3 Å². The largest absolute Gasteiger partial charge is 0.494 e. The van der Waals surface area contributed by atoms with Crippen molar-refractivity contribution >= 4 is 24.0 Å². The quantitative estimate of drug-likeness (QED) is 0.219. The minimum atomic E-state index is -0.535. The van der Waals surface area contributed by atoms with Gasteiger partial charge in [0.05, 0.1) is 24.9 Å².